The second-order valence-electron chi connectivity index (χ2n) is 4.17. The number of carbonyl (C=O) groups is 2. The fourth-order valence-electron chi connectivity index (χ4n) is 1.66. The van der Waals surface area contributed by atoms with E-state index < -0.39 is 41.4 Å². The Labute approximate surface area is 114 Å². The molecule has 3 N–H and O–H groups in total. The van der Waals surface area contributed by atoms with Crippen molar-refractivity contribution in [2.45, 2.75) is 18.9 Å². The van der Waals surface area contributed by atoms with E-state index in [1.165, 1.54) is 0 Å². The highest BCUT2D eigenvalue weighted by atomic mass is 19.1. The molecule has 0 saturated heterocycles. The molecule has 1 aromatic rings. The number of carboxylic acid groups (broad SMARTS) is 1. The van der Waals surface area contributed by atoms with Gasteiger partial charge in [0.2, 0.25) is 0 Å². The summed E-state index contributed by atoms with van der Waals surface area (Å²) in [5.74, 6) is -3.76. The first-order valence-electron chi connectivity index (χ1n) is 6.01. The number of aliphatic carboxylic acids is 1. The van der Waals surface area contributed by atoms with Crippen molar-refractivity contribution in [3.05, 3.63) is 35.4 Å². The number of nitrogens with one attached hydrogen (secondary N) is 1. The lowest BCUT2D eigenvalue weighted by Gasteiger charge is -2.16. The van der Waals surface area contributed by atoms with Crippen LogP contribution in [0.1, 0.15) is 23.2 Å². The number of carbonyl (C=O) groups excluding carboxylic acids is 1. The highest BCUT2D eigenvalue weighted by molar-refractivity contribution is 6.01. The van der Waals surface area contributed by atoms with Crippen LogP contribution < -0.4 is 5.32 Å². The third kappa shape index (κ3) is 4.67. The van der Waals surface area contributed by atoms with E-state index in [2.05, 4.69) is 5.32 Å². The normalized spacial score (nSPS) is 12.2. The van der Waals surface area contributed by atoms with Gasteiger partial charge in [-0.15, -0.1) is 0 Å². The van der Waals surface area contributed by atoms with Crippen molar-refractivity contribution in [3.63, 3.8) is 0 Å². The summed E-state index contributed by atoms with van der Waals surface area (Å²) in [5.41, 5.74) is -0.493. The van der Waals surface area contributed by atoms with Gasteiger partial charge in [0.25, 0.3) is 0 Å². The molecule has 0 heterocycles. The molecule has 1 atom stereocenters. The molecule has 1 aromatic carbocycles. The quantitative estimate of drug-likeness (QED) is 0.490. The number of rotatable bonds is 8. The molecule has 0 aliphatic rings. The van der Waals surface area contributed by atoms with E-state index in [-0.39, 0.29) is 13.2 Å². The average molecular weight is 287 g/mol. The van der Waals surface area contributed by atoms with Crippen LogP contribution in [0.3, 0.4) is 0 Å². The molecule has 5 nitrogen and oxygen atoms in total. The molecule has 0 bridgehead atoms. The lowest BCUT2D eigenvalue weighted by molar-refractivity contribution is -0.137. The van der Waals surface area contributed by atoms with Gasteiger partial charge in [-0.3, -0.25) is 9.59 Å². The first kappa shape index (κ1) is 16.2. The highest BCUT2D eigenvalue weighted by Crippen LogP contribution is 2.13. The van der Waals surface area contributed by atoms with Gasteiger partial charge < -0.3 is 15.5 Å². The van der Waals surface area contributed by atoms with E-state index in [4.69, 9.17) is 10.2 Å². The fourth-order valence-corrected chi connectivity index (χ4v) is 1.66. The van der Waals surface area contributed by atoms with Crippen molar-refractivity contribution < 1.29 is 28.6 Å². The van der Waals surface area contributed by atoms with Crippen LogP contribution in [-0.4, -0.2) is 41.2 Å². The Hall–Kier alpha value is -1.86. The summed E-state index contributed by atoms with van der Waals surface area (Å²) in [6, 6.07) is 1.25. The maximum Gasteiger partial charge on any atom is 0.305 e. The molecule has 7 heteroatoms. The summed E-state index contributed by atoms with van der Waals surface area (Å²) < 4.78 is 26.6. The van der Waals surface area contributed by atoms with Crippen molar-refractivity contribution in [2.24, 2.45) is 0 Å². The molecule has 0 amide bonds. The van der Waals surface area contributed by atoms with Gasteiger partial charge >= 0.3 is 5.97 Å². The SMILES string of the molecule is O=C(O)CC(NCCCO)C(=O)c1cc(F)ccc1F. The van der Waals surface area contributed by atoms with Crippen LogP contribution in [0.15, 0.2) is 18.2 Å². The largest absolute Gasteiger partial charge is 0.481 e. The molecular weight excluding hydrogens is 272 g/mol. The Bertz CT molecular complexity index is 493. The summed E-state index contributed by atoms with van der Waals surface area (Å²) in [6.07, 6.45) is -0.241. The van der Waals surface area contributed by atoms with Gasteiger partial charge in [-0.25, -0.2) is 8.78 Å². The van der Waals surface area contributed by atoms with E-state index in [1.807, 2.05) is 0 Å². The van der Waals surface area contributed by atoms with Gasteiger partial charge in [0, 0.05) is 6.61 Å². The second kappa shape index (κ2) is 7.66. The topological polar surface area (TPSA) is 86.6 Å². The summed E-state index contributed by atoms with van der Waals surface area (Å²) in [4.78, 5) is 22.8. The lowest BCUT2D eigenvalue weighted by atomic mass is 10.0. The van der Waals surface area contributed by atoms with Crippen LogP contribution in [0.4, 0.5) is 8.78 Å². The number of hydrogen-bond donors (Lipinski definition) is 3. The zero-order chi connectivity index (χ0) is 15.1. The number of Topliss-reactive ketones (excluding diaryl/α,β-unsaturated/α-hetero) is 1. The first-order valence-corrected chi connectivity index (χ1v) is 6.01. The predicted molar refractivity (Wildman–Crippen MR) is 66.4 cm³/mol. The van der Waals surface area contributed by atoms with Gasteiger partial charge in [0.05, 0.1) is 18.0 Å². The Morgan fingerprint density at radius 3 is 2.60 bits per heavy atom. The summed E-state index contributed by atoms with van der Waals surface area (Å²) in [6.45, 7) is 0.0619. The maximum absolute atomic E-state index is 13.5. The number of halogens is 2. The van der Waals surface area contributed by atoms with Gasteiger partial charge in [-0.05, 0) is 31.2 Å². The summed E-state index contributed by atoms with van der Waals surface area (Å²) >= 11 is 0. The molecule has 1 rings (SSSR count). The molecule has 0 spiro atoms. The van der Waals surface area contributed by atoms with Crippen LogP contribution in [0.25, 0.3) is 0 Å². The molecule has 0 saturated carbocycles. The average Bonchev–Trinajstić information content (AvgIpc) is 2.39. The molecule has 110 valence electrons. The Kier molecular flexibility index (Phi) is 6.20. The monoisotopic (exact) mass is 287 g/mol. The number of aliphatic hydroxyl groups is 1. The van der Waals surface area contributed by atoms with Crippen molar-refractivity contribution in [2.75, 3.05) is 13.2 Å². The third-order valence-electron chi connectivity index (χ3n) is 2.61. The minimum Gasteiger partial charge on any atom is -0.481 e. The zero-order valence-corrected chi connectivity index (χ0v) is 10.6. The molecule has 20 heavy (non-hydrogen) atoms. The molecule has 0 radical (unpaired) electrons. The first-order chi connectivity index (χ1) is 9.45. The van der Waals surface area contributed by atoms with Gasteiger partial charge in [0.15, 0.2) is 5.78 Å². The van der Waals surface area contributed by atoms with Crippen LogP contribution in [0.5, 0.6) is 0 Å². The smallest absolute Gasteiger partial charge is 0.305 e. The second-order valence-corrected chi connectivity index (χ2v) is 4.17. The summed E-state index contributed by atoms with van der Waals surface area (Å²) in [7, 11) is 0. The van der Waals surface area contributed by atoms with Crippen molar-refractivity contribution >= 4 is 11.8 Å². The maximum atomic E-state index is 13.5. The standard InChI is InChI=1S/C13H15F2NO4/c14-8-2-3-10(15)9(6-8)13(20)11(7-12(18)19)16-4-1-5-17/h2-3,6,11,16-17H,1,4-5,7H2,(H,18,19). The minimum absolute atomic E-state index is 0.130. The van der Waals surface area contributed by atoms with Gasteiger partial charge in [-0.1, -0.05) is 0 Å². The van der Waals surface area contributed by atoms with Crippen LogP contribution in [0, 0.1) is 11.6 Å². The Balaban J connectivity index is 2.90. The van der Waals surface area contributed by atoms with E-state index in [0.717, 1.165) is 18.2 Å². The molecule has 1 unspecified atom stereocenters. The molecular formula is C13H15F2NO4. The number of hydrogen-bond acceptors (Lipinski definition) is 4. The van der Waals surface area contributed by atoms with Crippen molar-refractivity contribution in [1.29, 1.82) is 0 Å². The molecule has 0 aliphatic carbocycles. The van der Waals surface area contributed by atoms with Crippen molar-refractivity contribution in [1.82, 2.24) is 5.32 Å². The van der Waals surface area contributed by atoms with E-state index in [9.17, 15) is 18.4 Å². The Morgan fingerprint density at radius 2 is 2.00 bits per heavy atom. The molecule has 0 aromatic heterocycles. The van der Waals surface area contributed by atoms with Gasteiger partial charge in [-0.2, -0.15) is 0 Å². The van der Waals surface area contributed by atoms with Crippen LogP contribution >= 0.6 is 0 Å². The van der Waals surface area contributed by atoms with E-state index in [0.29, 0.717) is 6.42 Å². The lowest BCUT2D eigenvalue weighted by Crippen LogP contribution is -2.39. The van der Waals surface area contributed by atoms with Crippen molar-refractivity contribution in [3.8, 4) is 0 Å². The predicted octanol–water partition coefficient (Wildman–Crippen LogP) is 0.963. The molecule has 0 aliphatic heterocycles. The number of aliphatic hydroxyl groups excluding tert-OH is 1. The molecule has 0 fully saturated rings. The van der Waals surface area contributed by atoms with E-state index >= 15 is 0 Å². The van der Waals surface area contributed by atoms with Gasteiger partial charge in [0.1, 0.15) is 11.6 Å². The highest BCUT2D eigenvalue weighted by Gasteiger charge is 2.25. The van der Waals surface area contributed by atoms with E-state index in [1.54, 1.807) is 0 Å². The zero-order valence-electron chi connectivity index (χ0n) is 10.6. The number of carboxylic acids is 1. The Morgan fingerprint density at radius 1 is 1.30 bits per heavy atom. The summed E-state index contributed by atoms with van der Waals surface area (Å²) in [5, 5.41) is 20.0. The van der Waals surface area contributed by atoms with Crippen LogP contribution in [-0.2, 0) is 4.79 Å². The number of benzene rings is 1. The third-order valence-corrected chi connectivity index (χ3v) is 2.61. The minimum atomic E-state index is -1.24. The fraction of sp³-hybridized carbons (Fsp3) is 0.385. The van der Waals surface area contributed by atoms with Crippen LogP contribution in [0.2, 0.25) is 0 Å². The number of ketones is 1.